The summed E-state index contributed by atoms with van der Waals surface area (Å²) >= 11 is 6.12. The maximum Gasteiger partial charge on any atom is 0.0968 e. The lowest BCUT2D eigenvalue weighted by molar-refractivity contribution is 0.124. The van der Waals surface area contributed by atoms with Crippen LogP contribution in [0.4, 0.5) is 0 Å². The number of likely N-dealkylation sites (N-methyl/N-ethyl adjacent to an activating group) is 1. The first-order valence-corrected chi connectivity index (χ1v) is 8.61. The molecule has 4 nitrogen and oxygen atoms in total. The fourth-order valence-electron chi connectivity index (χ4n) is 2.96. The van der Waals surface area contributed by atoms with Crippen LogP contribution in [0.25, 0.3) is 11.3 Å². The third-order valence-electron chi connectivity index (χ3n) is 4.11. The highest BCUT2D eigenvalue weighted by Crippen LogP contribution is 2.26. The van der Waals surface area contributed by atoms with Crippen molar-refractivity contribution >= 4 is 11.6 Å². The summed E-state index contributed by atoms with van der Waals surface area (Å²) in [6.07, 6.45) is 1.50. The van der Waals surface area contributed by atoms with Crippen molar-refractivity contribution in [3.05, 3.63) is 76.9 Å². The third kappa shape index (κ3) is 4.48. The number of benzene rings is 2. The van der Waals surface area contributed by atoms with E-state index in [0.717, 1.165) is 22.4 Å². The summed E-state index contributed by atoms with van der Waals surface area (Å²) in [5.74, 6) is 0. The van der Waals surface area contributed by atoms with Gasteiger partial charge in [0.25, 0.3) is 0 Å². The summed E-state index contributed by atoms with van der Waals surface area (Å²) in [7, 11) is 3.91. The minimum Gasteiger partial charge on any atom is -0.387 e. The van der Waals surface area contributed by atoms with Crippen LogP contribution in [0.15, 0.2) is 60.8 Å². The predicted octanol–water partition coefficient (Wildman–Crippen LogP) is 3.91. The Hall–Kier alpha value is -2.14. The van der Waals surface area contributed by atoms with Crippen molar-refractivity contribution in [3.63, 3.8) is 0 Å². The number of rotatable bonds is 6. The zero-order valence-corrected chi connectivity index (χ0v) is 15.2. The van der Waals surface area contributed by atoms with Crippen molar-refractivity contribution in [1.29, 1.82) is 0 Å². The van der Waals surface area contributed by atoms with Crippen LogP contribution in [0.2, 0.25) is 5.02 Å². The number of hydrogen-bond acceptors (Lipinski definition) is 3. The second-order valence-corrected chi connectivity index (χ2v) is 6.75. The first-order valence-electron chi connectivity index (χ1n) is 8.23. The number of aromatic nitrogens is 2. The van der Waals surface area contributed by atoms with E-state index in [9.17, 15) is 5.11 Å². The smallest absolute Gasteiger partial charge is 0.0968 e. The molecular formula is C20H22ClN3O. The van der Waals surface area contributed by atoms with Gasteiger partial charge in [-0.05, 0) is 24.7 Å². The molecule has 0 amide bonds. The lowest BCUT2D eigenvalue weighted by Crippen LogP contribution is -2.24. The van der Waals surface area contributed by atoms with Crippen LogP contribution in [0, 0.1) is 0 Å². The molecule has 0 radical (unpaired) electrons. The summed E-state index contributed by atoms with van der Waals surface area (Å²) in [6.45, 7) is 1.24. The minimum atomic E-state index is -0.516. The van der Waals surface area contributed by atoms with Gasteiger partial charge in [-0.25, -0.2) is 0 Å². The van der Waals surface area contributed by atoms with E-state index in [1.54, 1.807) is 0 Å². The lowest BCUT2D eigenvalue weighted by atomic mass is 10.1. The Morgan fingerprint density at radius 2 is 1.92 bits per heavy atom. The molecule has 130 valence electrons. The molecule has 0 bridgehead atoms. The van der Waals surface area contributed by atoms with Gasteiger partial charge in [-0.2, -0.15) is 5.10 Å². The highest BCUT2D eigenvalue weighted by Gasteiger charge is 2.15. The summed E-state index contributed by atoms with van der Waals surface area (Å²) in [4.78, 5) is 2.10. The van der Waals surface area contributed by atoms with Crippen LogP contribution in [-0.4, -0.2) is 33.4 Å². The predicted molar refractivity (Wildman–Crippen MR) is 101 cm³/mol. The molecule has 0 aliphatic carbocycles. The molecule has 0 spiro atoms. The molecule has 0 fully saturated rings. The van der Waals surface area contributed by atoms with Crippen molar-refractivity contribution in [2.75, 3.05) is 13.6 Å². The Bertz CT molecular complexity index is 832. The highest BCUT2D eigenvalue weighted by atomic mass is 35.5. The number of halogens is 1. The maximum absolute atomic E-state index is 10.4. The lowest BCUT2D eigenvalue weighted by Gasteiger charge is -2.20. The normalized spacial score (nSPS) is 12.5. The molecule has 1 N–H and O–H groups in total. The quantitative estimate of drug-likeness (QED) is 0.729. The van der Waals surface area contributed by atoms with Crippen molar-refractivity contribution in [2.45, 2.75) is 12.6 Å². The van der Waals surface area contributed by atoms with E-state index in [2.05, 4.69) is 10.00 Å². The maximum atomic E-state index is 10.4. The van der Waals surface area contributed by atoms with E-state index in [4.69, 9.17) is 11.6 Å². The van der Waals surface area contributed by atoms with Crippen molar-refractivity contribution in [2.24, 2.45) is 7.05 Å². The van der Waals surface area contributed by atoms with E-state index < -0.39 is 6.10 Å². The standard InChI is InChI=1S/C20H22ClN3O/c1-23(14-19(25)15-7-4-3-5-8-15)12-17-13-24(2)22-20(17)16-9-6-10-18(21)11-16/h3-11,13,19,25H,12,14H2,1-2H3. The zero-order chi connectivity index (χ0) is 17.8. The van der Waals surface area contributed by atoms with E-state index in [1.807, 2.05) is 79.6 Å². The van der Waals surface area contributed by atoms with E-state index in [1.165, 1.54) is 0 Å². The third-order valence-corrected chi connectivity index (χ3v) is 4.35. The topological polar surface area (TPSA) is 41.3 Å². The molecule has 5 heteroatoms. The van der Waals surface area contributed by atoms with Crippen molar-refractivity contribution in [3.8, 4) is 11.3 Å². The Morgan fingerprint density at radius 1 is 1.16 bits per heavy atom. The van der Waals surface area contributed by atoms with Gasteiger partial charge in [-0.1, -0.05) is 54.1 Å². The number of aliphatic hydroxyl groups is 1. The molecule has 25 heavy (non-hydrogen) atoms. The van der Waals surface area contributed by atoms with Gasteiger partial charge in [0.1, 0.15) is 0 Å². The number of aliphatic hydroxyl groups excluding tert-OH is 1. The molecular weight excluding hydrogens is 334 g/mol. The molecule has 1 atom stereocenters. The van der Waals surface area contributed by atoms with Crippen molar-refractivity contribution in [1.82, 2.24) is 14.7 Å². The molecule has 3 aromatic rings. The van der Waals surface area contributed by atoms with Crippen molar-refractivity contribution < 1.29 is 5.11 Å². The van der Waals surface area contributed by atoms with E-state index in [-0.39, 0.29) is 0 Å². The molecule has 0 saturated heterocycles. The van der Waals surface area contributed by atoms with Gasteiger partial charge in [-0.15, -0.1) is 0 Å². The van der Waals surface area contributed by atoms with Gasteiger partial charge in [-0.3, -0.25) is 9.58 Å². The second kappa shape index (κ2) is 7.83. The molecule has 1 aromatic heterocycles. The van der Waals surface area contributed by atoms with Gasteiger partial charge < -0.3 is 5.11 Å². The fourth-order valence-corrected chi connectivity index (χ4v) is 3.15. The second-order valence-electron chi connectivity index (χ2n) is 6.31. The molecule has 0 aliphatic rings. The number of hydrogen-bond donors (Lipinski definition) is 1. The molecule has 0 aliphatic heterocycles. The van der Waals surface area contributed by atoms with Gasteiger partial charge in [0, 0.05) is 42.5 Å². The first-order chi connectivity index (χ1) is 12.0. The Kier molecular flexibility index (Phi) is 5.53. The Balaban J connectivity index is 1.74. The molecule has 1 heterocycles. The fraction of sp³-hybridized carbons (Fsp3) is 0.250. The molecule has 0 saturated carbocycles. The van der Waals surface area contributed by atoms with Crippen LogP contribution < -0.4 is 0 Å². The summed E-state index contributed by atoms with van der Waals surface area (Å²) in [5, 5.41) is 15.7. The van der Waals surface area contributed by atoms with Gasteiger partial charge in [0.2, 0.25) is 0 Å². The minimum absolute atomic E-state index is 0.516. The van der Waals surface area contributed by atoms with Gasteiger partial charge >= 0.3 is 0 Å². The zero-order valence-electron chi connectivity index (χ0n) is 14.4. The monoisotopic (exact) mass is 355 g/mol. The number of aryl methyl sites for hydroxylation is 1. The summed E-state index contributed by atoms with van der Waals surface area (Å²) in [5.41, 5.74) is 3.95. The molecule has 1 unspecified atom stereocenters. The van der Waals surface area contributed by atoms with Gasteiger partial charge in [0.05, 0.1) is 11.8 Å². The summed E-state index contributed by atoms with van der Waals surface area (Å²) in [6, 6.07) is 17.4. The van der Waals surface area contributed by atoms with Crippen LogP contribution in [0.1, 0.15) is 17.2 Å². The molecule has 3 rings (SSSR count). The average Bonchev–Trinajstić information content (AvgIpc) is 2.95. The van der Waals surface area contributed by atoms with E-state index >= 15 is 0 Å². The van der Waals surface area contributed by atoms with Gasteiger partial charge in [0.15, 0.2) is 0 Å². The Morgan fingerprint density at radius 3 is 2.64 bits per heavy atom. The van der Waals surface area contributed by atoms with Crippen LogP contribution >= 0.6 is 11.6 Å². The van der Waals surface area contributed by atoms with Crippen LogP contribution in [-0.2, 0) is 13.6 Å². The first kappa shape index (κ1) is 17.7. The highest BCUT2D eigenvalue weighted by molar-refractivity contribution is 6.30. The average molecular weight is 356 g/mol. The molecule has 2 aromatic carbocycles. The Labute approximate surface area is 153 Å². The largest absolute Gasteiger partial charge is 0.387 e. The van der Waals surface area contributed by atoms with Crippen LogP contribution in [0.3, 0.4) is 0 Å². The SMILES string of the molecule is CN(Cc1cn(C)nc1-c1cccc(Cl)c1)CC(O)c1ccccc1. The van der Waals surface area contributed by atoms with Crippen LogP contribution in [0.5, 0.6) is 0 Å². The van der Waals surface area contributed by atoms with E-state index in [0.29, 0.717) is 18.1 Å². The number of nitrogens with zero attached hydrogens (tertiary/aromatic N) is 3. The summed E-state index contributed by atoms with van der Waals surface area (Å²) < 4.78 is 1.81.